The first-order valence-electron chi connectivity index (χ1n) is 3.09. The van der Waals surface area contributed by atoms with E-state index in [0.29, 0.717) is 6.54 Å². The first-order valence-corrected chi connectivity index (χ1v) is 3.09. The van der Waals surface area contributed by atoms with Gasteiger partial charge in [-0.1, -0.05) is 0 Å². The molecular weight excluding hydrogens is 125 g/mol. The molecule has 2 nitrogen and oxygen atoms in total. The zero-order chi connectivity index (χ0) is 5.82. The summed E-state index contributed by atoms with van der Waals surface area (Å²) in [6.45, 7) is 2.89. The SMILES string of the molecule is O=CCN1CCCC1.[NaH]. The van der Waals surface area contributed by atoms with Gasteiger partial charge in [0.25, 0.3) is 0 Å². The summed E-state index contributed by atoms with van der Waals surface area (Å²) in [5.74, 6) is 0. The van der Waals surface area contributed by atoms with E-state index in [4.69, 9.17) is 0 Å². The van der Waals surface area contributed by atoms with Crippen molar-refractivity contribution in [3.05, 3.63) is 0 Å². The fourth-order valence-electron chi connectivity index (χ4n) is 1.07. The molecule has 0 saturated carbocycles. The topological polar surface area (TPSA) is 20.3 Å². The third-order valence-electron chi connectivity index (χ3n) is 1.53. The van der Waals surface area contributed by atoms with E-state index in [1.807, 2.05) is 0 Å². The van der Waals surface area contributed by atoms with Gasteiger partial charge in [0.2, 0.25) is 0 Å². The first kappa shape index (κ1) is 9.63. The van der Waals surface area contributed by atoms with Crippen LogP contribution in [0, 0.1) is 0 Å². The van der Waals surface area contributed by atoms with Gasteiger partial charge in [0.15, 0.2) is 0 Å². The molecule has 0 bridgehead atoms. The Bertz CT molecular complexity index is 81.1. The molecule has 0 radical (unpaired) electrons. The van der Waals surface area contributed by atoms with Gasteiger partial charge in [-0.2, -0.15) is 0 Å². The summed E-state index contributed by atoms with van der Waals surface area (Å²) in [7, 11) is 0. The molecule has 1 rings (SSSR count). The number of likely N-dealkylation sites (tertiary alicyclic amines) is 1. The zero-order valence-electron chi connectivity index (χ0n) is 4.97. The maximum absolute atomic E-state index is 9.92. The fourth-order valence-corrected chi connectivity index (χ4v) is 1.07. The maximum atomic E-state index is 9.92. The Morgan fingerprint density at radius 1 is 1.33 bits per heavy atom. The molecule has 0 spiro atoms. The van der Waals surface area contributed by atoms with E-state index >= 15 is 0 Å². The summed E-state index contributed by atoms with van der Waals surface area (Å²) in [5.41, 5.74) is 0. The molecule has 1 aliphatic heterocycles. The third kappa shape index (κ3) is 3.36. The summed E-state index contributed by atoms with van der Waals surface area (Å²) in [4.78, 5) is 12.1. The summed E-state index contributed by atoms with van der Waals surface area (Å²) in [6.07, 6.45) is 3.52. The van der Waals surface area contributed by atoms with Crippen LogP contribution in [0.4, 0.5) is 0 Å². The molecule has 0 unspecified atom stereocenters. The predicted molar refractivity (Wildman–Crippen MR) is 38.9 cm³/mol. The van der Waals surface area contributed by atoms with Crippen LogP contribution < -0.4 is 0 Å². The molecule has 1 saturated heterocycles. The van der Waals surface area contributed by atoms with Crippen molar-refractivity contribution >= 4 is 35.8 Å². The van der Waals surface area contributed by atoms with Crippen LogP contribution in [0.3, 0.4) is 0 Å². The van der Waals surface area contributed by atoms with Crippen LogP contribution in [0.25, 0.3) is 0 Å². The quantitative estimate of drug-likeness (QED) is 0.382. The summed E-state index contributed by atoms with van der Waals surface area (Å²) in [5, 5.41) is 0. The van der Waals surface area contributed by atoms with Crippen LogP contribution in [0.15, 0.2) is 0 Å². The Labute approximate surface area is 77.9 Å². The first-order chi connectivity index (χ1) is 3.93. The van der Waals surface area contributed by atoms with Crippen molar-refractivity contribution in [2.45, 2.75) is 12.8 Å². The molecule has 0 aromatic rings. The number of nitrogens with zero attached hydrogens (tertiary/aromatic N) is 1. The van der Waals surface area contributed by atoms with Crippen molar-refractivity contribution in [2.75, 3.05) is 19.6 Å². The molecule has 1 heterocycles. The average Bonchev–Trinajstić information content (AvgIpc) is 2.19. The number of hydrogen-bond acceptors (Lipinski definition) is 2. The normalized spacial score (nSPS) is 19.1. The minimum atomic E-state index is 0. The van der Waals surface area contributed by atoms with Crippen molar-refractivity contribution < 1.29 is 4.79 Å². The molecule has 3 heteroatoms. The monoisotopic (exact) mass is 137 g/mol. The van der Waals surface area contributed by atoms with Crippen molar-refractivity contribution in [3.8, 4) is 0 Å². The molecule has 0 atom stereocenters. The van der Waals surface area contributed by atoms with E-state index in [1.54, 1.807) is 0 Å². The van der Waals surface area contributed by atoms with Gasteiger partial charge in [-0.25, -0.2) is 0 Å². The van der Waals surface area contributed by atoms with Gasteiger partial charge in [-0.3, -0.25) is 4.90 Å². The minimum absolute atomic E-state index is 0. The Balaban J connectivity index is 0.000000640. The second-order valence-electron chi connectivity index (χ2n) is 2.17. The number of rotatable bonds is 2. The summed E-state index contributed by atoms with van der Waals surface area (Å²) in [6, 6.07) is 0. The van der Waals surface area contributed by atoms with E-state index in [2.05, 4.69) is 4.90 Å². The molecule has 1 aliphatic rings. The van der Waals surface area contributed by atoms with Gasteiger partial charge in [0.05, 0.1) is 6.54 Å². The van der Waals surface area contributed by atoms with Crippen molar-refractivity contribution in [1.82, 2.24) is 4.90 Å². The van der Waals surface area contributed by atoms with E-state index in [1.165, 1.54) is 12.8 Å². The molecule has 48 valence electrons. The zero-order valence-corrected chi connectivity index (χ0v) is 4.97. The van der Waals surface area contributed by atoms with Gasteiger partial charge in [0.1, 0.15) is 6.29 Å². The Morgan fingerprint density at radius 3 is 2.33 bits per heavy atom. The van der Waals surface area contributed by atoms with Gasteiger partial charge in [-0.05, 0) is 25.9 Å². The third-order valence-corrected chi connectivity index (χ3v) is 1.53. The van der Waals surface area contributed by atoms with Crippen LogP contribution in [0.1, 0.15) is 12.8 Å². The average molecular weight is 137 g/mol. The van der Waals surface area contributed by atoms with Gasteiger partial charge in [-0.15, -0.1) is 0 Å². The molecule has 9 heavy (non-hydrogen) atoms. The number of carbonyl (C=O) groups is 1. The van der Waals surface area contributed by atoms with Crippen molar-refractivity contribution in [2.24, 2.45) is 0 Å². The molecule has 0 aliphatic carbocycles. The number of aldehydes is 1. The van der Waals surface area contributed by atoms with E-state index in [-0.39, 0.29) is 29.6 Å². The van der Waals surface area contributed by atoms with Crippen LogP contribution in [0.5, 0.6) is 0 Å². The standard InChI is InChI=1S/C6H11NO.Na.H/c8-6-5-7-3-1-2-4-7;;/h6H,1-5H2;;. The molecule has 0 aromatic carbocycles. The molecule has 1 fully saturated rings. The second kappa shape index (κ2) is 5.42. The molecule has 0 N–H and O–H groups in total. The van der Waals surface area contributed by atoms with Crippen LogP contribution in [-0.2, 0) is 4.79 Å². The van der Waals surface area contributed by atoms with Crippen molar-refractivity contribution in [1.29, 1.82) is 0 Å². The van der Waals surface area contributed by atoms with Crippen LogP contribution in [-0.4, -0.2) is 60.4 Å². The van der Waals surface area contributed by atoms with Crippen LogP contribution >= 0.6 is 0 Å². The van der Waals surface area contributed by atoms with E-state index in [0.717, 1.165) is 19.4 Å². The number of carbonyl (C=O) groups excluding carboxylic acids is 1. The molecule has 0 aromatic heterocycles. The Hall–Kier alpha value is 0.630. The van der Waals surface area contributed by atoms with Gasteiger partial charge < -0.3 is 4.79 Å². The Kier molecular flexibility index (Phi) is 5.80. The van der Waals surface area contributed by atoms with E-state index in [9.17, 15) is 4.79 Å². The molecule has 0 amide bonds. The fraction of sp³-hybridized carbons (Fsp3) is 0.833. The number of hydrogen-bond donors (Lipinski definition) is 0. The molecular formula is C6H12NNaO. The second-order valence-corrected chi connectivity index (χ2v) is 2.17. The van der Waals surface area contributed by atoms with Crippen molar-refractivity contribution in [3.63, 3.8) is 0 Å². The van der Waals surface area contributed by atoms with E-state index < -0.39 is 0 Å². The summed E-state index contributed by atoms with van der Waals surface area (Å²) >= 11 is 0. The predicted octanol–water partition coefficient (Wildman–Crippen LogP) is -0.367. The van der Waals surface area contributed by atoms with Gasteiger partial charge >= 0.3 is 29.6 Å². The van der Waals surface area contributed by atoms with Gasteiger partial charge in [0, 0.05) is 0 Å². The Morgan fingerprint density at radius 2 is 1.89 bits per heavy atom. The summed E-state index contributed by atoms with van der Waals surface area (Å²) < 4.78 is 0. The van der Waals surface area contributed by atoms with Crippen LogP contribution in [0.2, 0.25) is 0 Å².